The molecule has 0 aliphatic rings. The number of amides is 1. The minimum atomic E-state index is -0.0540. The Bertz CT molecular complexity index is 1150. The Balaban J connectivity index is 1.67. The molecule has 0 atom stereocenters. The van der Waals surface area contributed by atoms with Gasteiger partial charge in [-0.2, -0.15) is 0 Å². The highest BCUT2D eigenvalue weighted by molar-refractivity contribution is 5.94. The number of hydrogen-bond acceptors (Lipinski definition) is 7. The highest BCUT2D eigenvalue weighted by atomic mass is 16.4. The van der Waals surface area contributed by atoms with Crippen LogP contribution in [0.3, 0.4) is 0 Å². The van der Waals surface area contributed by atoms with E-state index in [-0.39, 0.29) is 5.91 Å². The Morgan fingerprint density at radius 3 is 2.31 bits per heavy atom. The Kier molecular flexibility index (Phi) is 4.82. The predicted molar refractivity (Wildman–Crippen MR) is 107 cm³/mol. The largest absolute Gasteiger partial charge is 0.415 e. The maximum Gasteiger partial charge on any atom is 0.268 e. The highest BCUT2D eigenvalue weighted by Crippen LogP contribution is 2.26. The predicted octanol–water partition coefficient (Wildman–Crippen LogP) is 3.27. The topological polar surface area (TPSA) is 97.9 Å². The number of pyridine rings is 1. The molecule has 0 bridgehead atoms. The van der Waals surface area contributed by atoms with Crippen LogP contribution in [0.2, 0.25) is 0 Å². The fourth-order valence-corrected chi connectivity index (χ4v) is 2.76. The summed E-state index contributed by atoms with van der Waals surface area (Å²) in [5, 5.41) is 8.22. The van der Waals surface area contributed by atoms with Crippen molar-refractivity contribution in [1.82, 2.24) is 30.0 Å². The summed E-state index contributed by atoms with van der Waals surface area (Å²) in [6, 6.07) is 10.8. The summed E-state index contributed by atoms with van der Waals surface area (Å²) in [5.74, 6) is 0.630. The molecule has 0 spiro atoms. The zero-order valence-electron chi connectivity index (χ0n) is 16.2. The van der Waals surface area contributed by atoms with Crippen LogP contribution in [0.5, 0.6) is 0 Å². The van der Waals surface area contributed by atoms with Gasteiger partial charge in [-0.25, -0.2) is 4.98 Å². The summed E-state index contributed by atoms with van der Waals surface area (Å²) in [4.78, 5) is 26.7. The molecule has 1 amide bonds. The zero-order chi connectivity index (χ0) is 20.4. The van der Waals surface area contributed by atoms with Gasteiger partial charge < -0.3 is 9.32 Å². The van der Waals surface area contributed by atoms with Gasteiger partial charge in [0.15, 0.2) is 0 Å². The molecule has 3 aromatic heterocycles. The molecule has 0 aliphatic heterocycles. The van der Waals surface area contributed by atoms with Crippen molar-refractivity contribution >= 4 is 5.91 Å². The molecule has 1 aromatic carbocycles. The second-order valence-electron chi connectivity index (χ2n) is 6.61. The molecule has 144 valence electrons. The first-order valence-corrected chi connectivity index (χ1v) is 8.93. The fourth-order valence-electron chi connectivity index (χ4n) is 2.76. The minimum absolute atomic E-state index is 0.0540. The lowest BCUT2D eigenvalue weighted by Crippen LogP contribution is -2.21. The highest BCUT2D eigenvalue weighted by Gasteiger charge is 2.16. The number of aryl methyl sites for hydroxylation is 1. The van der Waals surface area contributed by atoms with Gasteiger partial charge in [-0.05, 0) is 31.2 Å². The van der Waals surface area contributed by atoms with E-state index in [9.17, 15) is 4.79 Å². The van der Waals surface area contributed by atoms with Gasteiger partial charge in [0.25, 0.3) is 11.8 Å². The second-order valence-corrected chi connectivity index (χ2v) is 6.61. The normalized spacial score (nSPS) is 10.7. The molecule has 0 aliphatic carbocycles. The maximum atomic E-state index is 12.1. The van der Waals surface area contributed by atoms with Crippen LogP contribution in [-0.4, -0.2) is 50.1 Å². The SMILES string of the molecule is Cc1ncc(-c2ccc(C(=O)N(C)C)cc2)nc1-c1nnc(-c2ccncc2)o1. The molecule has 0 unspecified atom stereocenters. The van der Waals surface area contributed by atoms with Gasteiger partial charge in [-0.1, -0.05) is 12.1 Å². The number of nitrogens with zero attached hydrogens (tertiary/aromatic N) is 6. The molecule has 8 nitrogen and oxygen atoms in total. The van der Waals surface area contributed by atoms with Gasteiger partial charge >= 0.3 is 0 Å². The molecule has 8 heteroatoms. The smallest absolute Gasteiger partial charge is 0.268 e. The van der Waals surface area contributed by atoms with Crippen LogP contribution in [0.4, 0.5) is 0 Å². The average molecular weight is 386 g/mol. The van der Waals surface area contributed by atoms with E-state index in [4.69, 9.17) is 4.42 Å². The van der Waals surface area contributed by atoms with E-state index in [1.165, 1.54) is 4.90 Å². The molecule has 0 radical (unpaired) electrons. The summed E-state index contributed by atoms with van der Waals surface area (Å²) < 4.78 is 5.80. The van der Waals surface area contributed by atoms with Gasteiger partial charge in [0.1, 0.15) is 5.69 Å². The molecule has 4 rings (SSSR count). The quantitative estimate of drug-likeness (QED) is 0.531. The van der Waals surface area contributed by atoms with E-state index >= 15 is 0 Å². The van der Waals surface area contributed by atoms with Crippen LogP contribution in [0, 0.1) is 6.92 Å². The van der Waals surface area contributed by atoms with E-state index < -0.39 is 0 Å². The lowest BCUT2D eigenvalue weighted by Gasteiger charge is -2.10. The average Bonchev–Trinajstić information content (AvgIpc) is 3.24. The molecule has 3 heterocycles. The first-order valence-electron chi connectivity index (χ1n) is 8.93. The van der Waals surface area contributed by atoms with Crippen molar-refractivity contribution < 1.29 is 9.21 Å². The first-order chi connectivity index (χ1) is 14.0. The molecule has 29 heavy (non-hydrogen) atoms. The van der Waals surface area contributed by atoms with Gasteiger partial charge in [0.05, 0.1) is 17.6 Å². The van der Waals surface area contributed by atoms with Crippen LogP contribution in [-0.2, 0) is 0 Å². The third-order valence-corrected chi connectivity index (χ3v) is 4.34. The molecule has 0 N–H and O–H groups in total. The summed E-state index contributed by atoms with van der Waals surface area (Å²) in [6.07, 6.45) is 5.01. The van der Waals surface area contributed by atoms with Crippen LogP contribution in [0.25, 0.3) is 34.3 Å². The molecular formula is C21H18N6O2. The number of benzene rings is 1. The van der Waals surface area contributed by atoms with Crippen molar-refractivity contribution in [3.8, 4) is 34.3 Å². The van der Waals surface area contributed by atoms with Crippen LogP contribution in [0.1, 0.15) is 16.1 Å². The van der Waals surface area contributed by atoms with Gasteiger partial charge in [-0.3, -0.25) is 14.8 Å². The van der Waals surface area contributed by atoms with Crippen molar-refractivity contribution in [1.29, 1.82) is 0 Å². The molecule has 4 aromatic rings. The van der Waals surface area contributed by atoms with Gasteiger partial charge in [0.2, 0.25) is 5.89 Å². The van der Waals surface area contributed by atoms with Crippen LogP contribution in [0.15, 0.2) is 59.4 Å². The number of aromatic nitrogens is 5. The van der Waals surface area contributed by atoms with Crippen molar-refractivity contribution in [2.75, 3.05) is 14.1 Å². The lowest BCUT2D eigenvalue weighted by molar-refractivity contribution is 0.0827. The standard InChI is InChI=1S/C21H18N6O2/c1-13-18(20-26-25-19(29-20)15-8-10-22-11-9-15)24-17(12-23-13)14-4-6-16(7-5-14)21(28)27(2)3/h4-12H,1-3H3. The van der Waals surface area contributed by atoms with E-state index in [0.717, 1.165) is 11.1 Å². The van der Waals surface area contributed by atoms with E-state index in [1.54, 1.807) is 57.0 Å². The van der Waals surface area contributed by atoms with E-state index in [1.807, 2.05) is 19.1 Å². The third-order valence-electron chi connectivity index (χ3n) is 4.34. The Morgan fingerprint density at radius 1 is 0.931 bits per heavy atom. The van der Waals surface area contributed by atoms with Crippen LogP contribution < -0.4 is 0 Å². The van der Waals surface area contributed by atoms with Crippen LogP contribution >= 0.6 is 0 Å². The lowest BCUT2D eigenvalue weighted by atomic mass is 10.1. The summed E-state index contributed by atoms with van der Waals surface area (Å²) in [6.45, 7) is 1.83. The summed E-state index contributed by atoms with van der Waals surface area (Å²) in [7, 11) is 3.44. The monoisotopic (exact) mass is 386 g/mol. The second kappa shape index (κ2) is 7.59. The summed E-state index contributed by atoms with van der Waals surface area (Å²) >= 11 is 0. The Hall–Kier alpha value is -3.94. The Labute approximate surface area is 167 Å². The summed E-state index contributed by atoms with van der Waals surface area (Å²) in [5.41, 5.74) is 4.07. The van der Waals surface area contributed by atoms with Gasteiger partial charge in [-0.15, -0.1) is 10.2 Å². The van der Waals surface area contributed by atoms with Crippen molar-refractivity contribution in [3.63, 3.8) is 0 Å². The molecule has 0 fully saturated rings. The minimum Gasteiger partial charge on any atom is -0.415 e. The number of rotatable bonds is 4. The van der Waals surface area contributed by atoms with Crippen molar-refractivity contribution in [2.45, 2.75) is 6.92 Å². The Morgan fingerprint density at radius 2 is 1.62 bits per heavy atom. The molecular weight excluding hydrogens is 368 g/mol. The fraction of sp³-hybridized carbons (Fsp3) is 0.143. The van der Waals surface area contributed by atoms with Crippen molar-refractivity contribution in [3.05, 3.63) is 66.2 Å². The number of hydrogen-bond donors (Lipinski definition) is 0. The first kappa shape index (κ1) is 18.4. The molecule has 0 saturated heterocycles. The molecule has 0 saturated carbocycles. The van der Waals surface area contributed by atoms with Gasteiger partial charge in [0, 0.05) is 43.2 Å². The maximum absolute atomic E-state index is 12.1. The zero-order valence-corrected chi connectivity index (χ0v) is 16.2. The van der Waals surface area contributed by atoms with E-state index in [0.29, 0.717) is 34.4 Å². The number of carbonyl (C=O) groups excluding carboxylic acids is 1. The number of carbonyl (C=O) groups is 1. The van der Waals surface area contributed by atoms with Crippen molar-refractivity contribution in [2.24, 2.45) is 0 Å². The third kappa shape index (κ3) is 3.73. The van der Waals surface area contributed by atoms with E-state index in [2.05, 4.69) is 25.1 Å².